The summed E-state index contributed by atoms with van der Waals surface area (Å²) in [5.74, 6) is 0.0985. The number of anilines is 1. The molecule has 0 aliphatic rings. The summed E-state index contributed by atoms with van der Waals surface area (Å²) in [4.78, 5) is 24.5. The maximum absolute atomic E-state index is 12.5. The van der Waals surface area contributed by atoms with Crippen LogP contribution in [0.25, 0.3) is 0 Å². The van der Waals surface area contributed by atoms with Crippen LogP contribution in [0.3, 0.4) is 0 Å². The third kappa shape index (κ3) is 6.41. The number of nitrogens with one attached hydrogen (secondary N) is 1. The van der Waals surface area contributed by atoms with Gasteiger partial charge in [-0.25, -0.2) is 4.79 Å². The van der Waals surface area contributed by atoms with Gasteiger partial charge >= 0.3 is 5.97 Å². The van der Waals surface area contributed by atoms with Crippen molar-refractivity contribution in [3.63, 3.8) is 0 Å². The molecule has 2 rings (SSSR count). The highest BCUT2D eigenvalue weighted by Crippen LogP contribution is 2.17. The molecule has 2 aromatic rings. The predicted octanol–water partition coefficient (Wildman–Crippen LogP) is 5.00. The normalized spacial score (nSPS) is 11.5. The van der Waals surface area contributed by atoms with E-state index in [9.17, 15) is 9.59 Å². The second kappa shape index (κ2) is 11.1. The Kier molecular flexibility index (Phi) is 8.53. The van der Waals surface area contributed by atoms with Gasteiger partial charge in [-0.3, -0.25) is 4.79 Å². The number of hydrogen-bond acceptors (Lipinski definition) is 4. The zero-order valence-corrected chi connectivity index (χ0v) is 16.9. The molecule has 0 saturated heterocycles. The van der Waals surface area contributed by atoms with Crippen molar-refractivity contribution in [3.8, 4) is 5.75 Å². The number of carbonyl (C=O) groups is 2. The number of unbranched alkanes of at least 4 members (excludes halogenated alkanes) is 1. The van der Waals surface area contributed by atoms with Crippen LogP contribution >= 0.6 is 0 Å². The number of rotatable bonds is 10. The molecule has 5 heteroatoms. The van der Waals surface area contributed by atoms with Crippen LogP contribution in [0, 0.1) is 0 Å². The number of carbonyl (C=O) groups excluding carboxylic acids is 2. The molecule has 28 heavy (non-hydrogen) atoms. The van der Waals surface area contributed by atoms with Crippen molar-refractivity contribution in [1.29, 1.82) is 0 Å². The summed E-state index contributed by atoms with van der Waals surface area (Å²) >= 11 is 0. The van der Waals surface area contributed by atoms with Crippen LogP contribution in [0.1, 0.15) is 56.0 Å². The maximum Gasteiger partial charge on any atom is 0.338 e. The first kappa shape index (κ1) is 21.5. The zero-order chi connectivity index (χ0) is 20.4. The average molecular weight is 383 g/mol. The molecule has 150 valence electrons. The lowest BCUT2D eigenvalue weighted by molar-refractivity contribution is -0.122. The topological polar surface area (TPSA) is 64.6 Å². The van der Waals surface area contributed by atoms with Crippen LogP contribution in [-0.4, -0.2) is 24.6 Å². The Morgan fingerprint density at radius 1 is 0.964 bits per heavy atom. The highest BCUT2D eigenvalue weighted by Gasteiger charge is 2.19. The van der Waals surface area contributed by atoms with Gasteiger partial charge in [-0.1, -0.05) is 39.3 Å². The Morgan fingerprint density at radius 3 is 2.21 bits per heavy atom. The van der Waals surface area contributed by atoms with Gasteiger partial charge in [0.2, 0.25) is 0 Å². The fraction of sp³-hybridized carbons (Fsp3) is 0.391. The molecule has 0 bridgehead atoms. The molecule has 0 fully saturated rings. The van der Waals surface area contributed by atoms with E-state index in [-0.39, 0.29) is 11.9 Å². The SMILES string of the molecule is CCCCOC(=O)c1ccc(NC(=O)C(CC)Oc2ccc(CC)cc2)cc1. The molecule has 1 unspecified atom stereocenters. The van der Waals surface area contributed by atoms with Crippen molar-refractivity contribution in [2.24, 2.45) is 0 Å². The molecule has 0 saturated carbocycles. The van der Waals surface area contributed by atoms with Gasteiger partial charge in [-0.15, -0.1) is 0 Å². The lowest BCUT2D eigenvalue weighted by Gasteiger charge is -2.17. The number of benzene rings is 2. The molecule has 0 aliphatic heterocycles. The van der Waals surface area contributed by atoms with Crippen LogP contribution in [0.15, 0.2) is 48.5 Å². The Labute approximate surface area is 167 Å². The van der Waals surface area contributed by atoms with E-state index >= 15 is 0 Å². The van der Waals surface area contributed by atoms with Crippen LogP contribution in [-0.2, 0) is 16.0 Å². The molecule has 1 atom stereocenters. The first-order valence-electron chi connectivity index (χ1n) is 9.91. The second-order valence-corrected chi connectivity index (χ2v) is 6.57. The van der Waals surface area contributed by atoms with Gasteiger partial charge in [-0.2, -0.15) is 0 Å². The van der Waals surface area contributed by atoms with Crippen LogP contribution < -0.4 is 10.1 Å². The number of esters is 1. The molecule has 1 amide bonds. The molecule has 2 aromatic carbocycles. The smallest absolute Gasteiger partial charge is 0.338 e. The fourth-order valence-corrected chi connectivity index (χ4v) is 2.60. The average Bonchev–Trinajstić information content (AvgIpc) is 2.73. The second-order valence-electron chi connectivity index (χ2n) is 6.57. The first-order valence-corrected chi connectivity index (χ1v) is 9.91. The van der Waals surface area contributed by atoms with Crippen molar-refractivity contribution in [2.75, 3.05) is 11.9 Å². The first-order chi connectivity index (χ1) is 13.6. The summed E-state index contributed by atoms with van der Waals surface area (Å²) in [7, 11) is 0. The highest BCUT2D eigenvalue weighted by atomic mass is 16.5. The molecule has 5 nitrogen and oxygen atoms in total. The Bertz CT molecular complexity index is 753. The number of hydrogen-bond donors (Lipinski definition) is 1. The molecule has 0 spiro atoms. The number of aryl methyl sites for hydroxylation is 1. The van der Waals surface area contributed by atoms with Gasteiger partial charge in [0, 0.05) is 5.69 Å². The van der Waals surface area contributed by atoms with Gasteiger partial charge in [0.05, 0.1) is 12.2 Å². The molecule has 0 heterocycles. The summed E-state index contributed by atoms with van der Waals surface area (Å²) in [6.45, 7) is 6.45. The minimum absolute atomic E-state index is 0.222. The summed E-state index contributed by atoms with van der Waals surface area (Å²) in [6.07, 6.45) is 2.73. The van der Waals surface area contributed by atoms with Gasteiger partial charge in [-0.05, 0) is 61.2 Å². The van der Waals surface area contributed by atoms with E-state index < -0.39 is 6.10 Å². The van der Waals surface area contributed by atoms with E-state index in [2.05, 4.69) is 12.2 Å². The lowest BCUT2D eigenvalue weighted by atomic mass is 10.1. The summed E-state index contributed by atoms with van der Waals surface area (Å²) < 4.78 is 11.0. The van der Waals surface area contributed by atoms with Crippen LogP contribution in [0.4, 0.5) is 5.69 Å². The molecule has 0 radical (unpaired) electrons. The minimum atomic E-state index is -0.592. The zero-order valence-electron chi connectivity index (χ0n) is 16.9. The van der Waals surface area contributed by atoms with Gasteiger partial charge in [0.1, 0.15) is 5.75 Å². The van der Waals surface area contributed by atoms with Crippen molar-refractivity contribution in [2.45, 2.75) is 52.6 Å². The quantitative estimate of drug-likeness (QED) is 0.463. The van der Waals surface area contributed by atoms with E-state index in [1.165, 1.54) is 5.56 Å². The molecule has 0 aliphatic carbocycles. The fourth-order valence-electron chi connectivity index (χ4n) is 2.60. The van der Waals surface area contributed by atoms with Crippen molar-refractivity contribution in [1.82, 2.24) is 0 Å². The molecule has 0 aromatic heterocycles. The maximum atomic E-state index is 12.5. The van der Waals surface area contributed by atoms with Crippen LogP contribution in [0.2, 0.25) is 0 Å². The number of amides is 1. The molecular formula is C23H29NO4. The van der Waals surface area contributed by atoms with E-state index in [4.69, 9.17) is 9.47 Å². The molecular weight excluding hydrogens is 354 g/mol. The summed E-state index contributed by atoms with van der Waals surface area (Å²) in [5.41, 5.74) is 2.30. The summed E-state index contributed by atoms with van der Waals surface area (Å²) in [5, 5.41) is 2.84. The summed E-state index contributed by atoms with van der Waals surface area (Å²) in [6, 6.07) is 14.4. The Hall–Kier alpha value is -2.82. The number of ether oxygens (including phenoxy) is 2. The van der Waals surface area contributed by atoms with Crippen molar-refractivity contribution >= 4 is 17.6 Å². The largest absolute Gasteiger partial charge is 0.481 e. The van der Waals surface area contributed by atoms with Crippen LogP contribution in [0.5, 0.6) is 5.75 Å². The van der Waals surface area contributed by atoms with E-state index in [0.29, 0.717) is 30.0 Å². The van der Waals surface area contributed by atoms with Crippen molar-refractivity contribution in [3.05, 3.63) is 59.7 Å². The lowest BCUT2D eigenvalue weighted by Crippen LogP contribution is -2.32. The van der Waals surface area contributed by atoms with Gasteiger partial charge < -0.3 is 14.8 Å². The minimum Gasteiger partial charge on any atom is -0.481 e. The van der Waals surface area contributed by atoms with E-state index in [0.717, 1.165) is 19.3 Å². The third-order valence-corrected chi connectivity index (χ3v) is 4.39. The molecule has 1 N–H and O–H groups in total. The third-order valence-electron chi connectivity index (χ3n) is 4.39. The van der Waals surface area contributed by atoms with Gasteiger partial charge in [0.15, 0.2) is 6.10 Å². The Balaban J connectivity index is 1.93. The van der Waals surface area contributed by atoms with E-state index in [1.807, 2.05) is 38.1 Å². The predicted molar refractivity (Wildman–Crippen MR) is 111 cm³/mol. The van der Waals surface area contributed by atoms with Crippen molar-refractivity contribution < 1.29 is 19.1 Å². The Morgan fingerprint density at radius 2 is 1.64 bits per heavy atom. The monoisotopic (exact) mass is 383 g/mol. The van der Waals surface area contributed by atoms with Gasteiger partial charge in [0.25, 0.3) is 5.91 Å². The van der Waals surface area contributed by atoms with E-state index in [1.54, 1.807) is 24.3 Å². The standard InChI is InChI=1S/C23H29NO4/c1-4-7-16-27-23(26)18-10-12-19(13-11-18)24-22(25)21(6-3)28-20-14-8-17(5-2)9-15-20/h8-15,21H,4-7,16H2,1-3H3,(H,24,25). The highest BCUT2D eigenvalue weighted by molar-refractivity contribution is 5.95.